The Morgan fingerprint density at radius 3 is 1.76 bits per heavy atom. The van der Waals surface area contributed by atoms with Crippen molar-refractivity contribution in [2.75, 3.05) is 0 Å². The van der Waals surface area contributed by atoms with Crippen molar-refractivity contribution in [3.8, 4) is 0 Å². The lowest BCUT2D eigenvalue weighted by atomic mass is 10.2. The van der Waals surface area contributed by atoms with Crippen LogP contribution in [0.15, 0.2) is 48.5 Å². The van der Waals surface area contributed by atoms with E-state index in [4.69, 9.17) is 4.74 Å². The van der Waals surface area contributed by atoms with Crippen LogP contribution in [0.3, 0.4) is 0 Å². The number of fused-ring (bicyclic) bond motifs is 3. The van der Waals surface area contributed by atoms with Gasteiger partial charge in [0.15, 0.2) is 6.23 Å². The number of aromatic nitrogens is 1. The second-order valence-corrected chi connectivity index (χ2v) is 5.72. The summed E-state index contributed by atoms with van der Waals surface area (Å²) in [5, 5.41) is 12.6. The van der Waals surface area contributed by atoms with Crippen LogP contribution in [0.1, 0.15) is 27.0 Å². The first kappa shape index (κ1) is 14.1. The van der Waals surface area contributed by atoms with E-state index in [0.29, 0.717) is 0 Å². The minimum atomic E-state index is -0.591. The first-order valence-corrected chi connectivity index (χ1v) is 7.41. The maximum absolute atomic E-state index is 10.2. The van der Waals surface area contributed by atoms with E-state index in [-0.39, 0.29) is 6.10 Å². The van der Waals surface area contributed by atoms with Gasteiger partial charge in [-0.2, -0.15) is 0 Å². The van der Waals surface area contributed by atoms with Gasteiger partial charge < -0.3 is 14.4 Å². The van der Waals surface area contributed by atoms with Crippen molar-refractivity contribution in [1.29, 1.82) is 0 Å². The Kier molecular flexibility index (Phi) is 3.70. The van der Waals surface area contributed by atoms with E-state index in [0.717, 1.165) is 11.0 Å². The SMILES string of the molecule is CC(C)O[C@@H]([C@H](C)O)n1c2ccccc2c2ccccc21. The van der Waals surface area contributed by atoms with Gasteiger partial charge in [0.1, 0.15) is 0 Å². The van der Waals surface area contributed by atoms with Gasteiger partial charge in [-0.25, -0.2) is 0 Å². The summed E-state index contributed by atoms with van der Waals surface area (Å²) in [6, 6.07) is 16.5. The summed E-state index contributed by atoms with van der Waals surface area (Å²) in [7, 11) is 0. The zero-order valence-electron chi connectivity index (χ0n) is 12.7. The topological polar surface area (TPSA) is 34.4 Å². The molecule has 110 valence electrons. The second kappa shape index (κ2) is 5.51. The fraction of sp³-hybridized carbons (Fsp3) is 0.333. The molecule has 1 aromatic heterocycles. The number of aliphatic hydroxyl groups is 1. The molecule has 0 unspecified atom stereocenters. The van der Waals surface area contributed by atoms with Crippen LogP contribution in [-0.4, -0.2) is 21.9 Å². The average Bonchev–Trinajstić information content (AvgIpc) is 2.79. The Morgan fingerprint density at radius 1 is 0.857 bits per heavy atom. The Labute approximate surface area is 124 Å². The number of benzene rings is 2. The highest BCUT2D eigenvalue weighted by molar-refractivity contribution is 6.08. The quantitative estimate of drug-likeness (QED) is 0.782. The minimum absolute atomic E-state index is 0.0459. The molecule has 0 saturated heterocycles. The largest absolute Gasteiger partial charge is 0.389 e. The average molecular weight is 283 g/mol. The van der Waals surface area contributed by atoms with Gasteiger partial charge >= 0.3 is 0 Å². The number of aliphatic hydroxyl groups excluding tert-OH is 1. The molecule has 2 atom stereocenters. The molecule has 3 aromatic rings. The first-order chi connectivity index (χ1) is 10.1. The van der Waals surface area contributed by atoms with Gasteiger partial charge in [0.25, 0.3) is 0 Å². The molecule has 0 aliphatic rings. The zero-order valence-corrected chi connectivity index (χ0v) is 12.7. The van der Waals surface area contributed by atoms with Gasteiger partial charge in [-0.15, -0.1) is 0 Å². The lowest BCUT2D eigenvalue weighted by molar-refractivity contribution is -0.0962. The van der Waals surface area contributed by atoms with E-state index in [1.165, 1.54) is 10.8 Å². The molecule has 21 heavy (non-hydrogen) atoms. The normalized spacial score (nSPS) is 14.9. The molecular formula is C18H21NO2. The molecule has 1 heterocycles. The highest BCUT2D eigenvalue weighted by atomic mass is 16.5. The number of hydrogen-bond donors (Lipinski definition) is 1. The van der Waals surface area contributed by atoms with E-state index < -0.39 is 12.3 Å². The maximum Gasteiger partial charge on any atom is 0.160 e. The molecule has 1 N–H and O–H groups in total. The molecule has 0 bridgehead atoms. The predicted molar refractivity (Wildman–Crippen MR) is 86.4 cm³/mol. The third kappa shape index (κ3) is 2.43. The zero-order chi connectivity index (χ0) is 15.0. The Hall–Kier alpha value is -1.84. The molecule has 3 nitrogen and oxygen atoms in total. The monoisotopic (exact) mass is 283 g/mol. The number of para-hydroxylation sites is 2. The van der Waals surface area contributed by atoms with Crippen LogP contribution >= 0.6 is 0 Å². The molecule has 0 spiro atoms. The lowest BCUT2D eigenvalue weighted by Gasteiger charge is -2.26. The Morgan fingerprint density at radius 2 is 1.33 bits per heavy atom. The standard InChI is InChI=1S/C18H21NO2/c1-12(2)21-18(13(3)20)19-16-10-6-4-8-14(16)15-9-5-7-11-17(15)19/h4-13,18,20H,1-3H3/t13-,18-/m0/s1. The van der Waals surface area contributed by atoms with Crippen molar-refractivity contribution in [3.05, 3.63) is 48.5 Å². The van der Waals surface area contributed by atoms with Crippen molar-refractivity contribution >= 4 is 21.8 Å². The fourth-order valence-electron chi connectivity index (χ4n) is 2.90. The van der Waals surface area contributed by atoms with E-state index in [1.807, 2.05) is 38.1 Å². The smallest absolute Gasteiger partial charge is 0.160 e. The number of hydrogen-bond acceptors (Lipinski definition) is 2. The molecule has 0 radical (unpaired) electrons. The minimum Gasteiger partial charge on any atom is -0.389 e. The van der Waals surface area contributed by atoms with E-state index in [2.05, 4.69) is 28.8 Å². The summed E-state index contributed by atoms with van der Waals surface area (Å²) in [4.78, 5) is 0. The summed E-state index contributed by atoms with van der Waals surface area (Å²) < 4.78 is 8.09. The molecule has 0 fully saturated rings. The van der Waals surface area contributed by atoms with Crippen molar-refractivity contribution in [2.24, 2.45) is 0 Å². The van der Waals surface area contributed by atoms with Crippen LogP contribution in [-0.2, 0) is 4.74 Å². The number of nitrogens with zero attached hydrogens (tertiary/aromatic N) is 1. The van der Waals surface area contributed by atoms with Crippen molar-refractivity contribution in [2.45, 2.75) is 39.2 Å². The van der Waals surface area contributed by atoms with Crippen LogP contribution in [0.25, 0.3) is 21.8 Å². The number of rotatable bonds is 4. The van der Waals surface area contributed by atoms with Gasteiger partial charge in [0, 0.05) is 10.8 Å². The van der Waals surface area contributed by atoms with Crippen molar-refractivity contribution in [1.82, 2.24) is 4.57 Å². The van der Waals surface area contributed by atoms with Crippen LogP contribution in [0.2, 0.25) is 0 Å². The molecule has 3 heteroatoms. The van der Waals surface area contributed by atoms with Crippen molar-refractivity contribution < 1.29 is 9.84 Å². The molecule has 0 saturated carbocycles. The highest BCUT2D eigenvalue weighted by Crippen LogP contribution is 2.33. The molecule has 2 aromatic carbocycles. The van der Waals surface area contributed by atoms with Gasteiger partial charge in [-0.3, -0.25) is 0 Å². The summed E-state index contributed by atoms with van der Waals surface area (Å²) in [5.74, 6) is 0. The fourth-order valence-corrected chi connectivity index (χ4v) is 2.90. The van der Waals surface area contributed by atoms with Gasteiger partial charge in [0.2, 0.25) is 0 Å². The third-order valence-corrected chi connectivity index (χ3v) is 3.70. The molecular weight excluding hydrogens is 262 g/mol. The lowest BCUT2D eigenvalue weighted by Crippen LogP contribution is -2.26. The van der Waals surface area contributed by atoms with Crippen molar-refractivity contribution in [3.63, 3.8) is 0 Å². The predicted octanol–water partition coefficient (Wildman–Crippen LogP) is 4.10. The van der Waals surface area contributed by atoms with E-state index in [9.17, 15) is 5.11 Å². The maximum atomic E-state index is 10.2. The summed E-state index contributed by atoms with van der Waals surface area (Å²) >= 11 is 0. The van der Waals surface area contributed by atoms with Crippen LogP contribution in [0.5, 0.6) is 0 Å². The molecule has 0 aliphatic carbocycles. The van der Waals surface area contributed by atoms with Crippen LogP contribution in [0.4, 0.5) is 0 Å². The Bertz CT molecular complexity index is 705. The molecule has 0 aliphatic heterocycles. The van der Waals surface area contributed by atoms with Gasteiger partial charge in [-0.05, 0) is 32.9 Å². The van der Waals surface area contributed by atoms with E-state index in [1.54, 1.807) is 6.92 Å². The third-order valence-electron chi connectivity index (χ3n) is 3.70. The van der Waals surface area contributed by atoms with E-state index >= 15 is 0 Å². The Balaban J connectivity index is 2.32. The second-order valence-electron chi connectivity index (χ2n) is 5.72. The molecule has 0 amide bonds. The van der Waals surface area contributed by atoms with Gasteiger partial charge in [-0.1, -0.05) is 36.4 Å². The highest BCUT2D eigenvalue weighted by Gasteiger charge is 2.23. The molecule has 3 rings (SSSR count). The summed E-state index contributed by atoms with van der Waals surface area (Å²) in [6.07, 6.45) is -0.939. The summed E-state index contributed by atoms with van der Waals surface area (Å²) in [6.45, 7) is 5.75. The van der Waals surface area contributed by atoms with Crippen LogP contribution in [0, 0.1) is 0 Å². The number of ether oxygens (including phenoxy) is 1. The van der Waals surface area contributed by atoms with Crippen LogP contribution < -0.4 is 0 Å². The van der Waals surface area contributed by atoms with Gasteiger partial charge in [0.05, 0.1) is 23.2 Å². The first-order valence-electron chi connectivity index (χ1n) is 7.41. The summed E-state index contributed by atoms with van der Waals surface area (Å²) in [5.41, 5.74) is 2.18.